The molecule has 1 aromatic carbocycles. The summed E-state index contributed by atoms with van der Waals surface area (Å²) in [5.41, 5.74) is 0.658. The van der Waals surface area contributed by atoms with Crippen LogP contribution in [0.3, 0.4) is 0 Å². The number of rotatable bonds is 6. The highest BCUT2D eigenvalue weighted by Crippen LogP contribution is 2.52. The first-order valence-corrected chi connectivity index (χ1v) is 9.26. The zero-order valence-corrected chi connectivity index (χ0v) is 14.6. The number of halogens is 2. The molecule has 0 saturated heterocycles. The SMILES string of the molecule is CCOP(=O)(Cc1cc(=O)[nH]c2cc(Cl)cc(Cl)c12)OCC. The molecule has 0 bridgehead atoms. The lowest BCUT2D eigenvalue weighted by molar-refractivity contribution is 0.219. The van der Waals surface area contributed by atoms with E-state index in [4.69, 9.17) is 32.2 Å². The minimum absolute atomic E-state index is 0.0313. The average Bonchev–Trinajstić information content (AvgIpc) is 2.36. The number of hydrogen-bond acceptors (Lipinski definition) is 4. The fraction of sp³-hybridized carbons (Fsp3) is 0.357. The third-order valence-electron chi connectivity index (χ3n) is 2.95. The van der Waals surface area contributed by atoms with E-state index in [0.717, 1.165) is 0 Å². The van der Waals surface area contributed by atoms with Crippen molar-refractivity contribution in [2.45, 2.75) is 20.0 Å². The van der Waals surface area contributed by atoms with Crippen molar-refractivity contribution in [1.82, 2.24) is 4.98 Å². The van der Waals surface area contributed by atoms with Gasteiger partial charge < -0.3 is 14.0 Å². The standard InChI is InChI=1S/C14H16Cl2NO4P/c1-3-20-22(19,21-4-2)8-9-5-13(18)17-12-7-10(15)6-11(16)14(9)12/h5-7H,3-4,8H2,1-2H3,(H,17,18). The van der Waals surface area contributed by atoms with E-state index in [1.807, 2.05) is 0 Å². The summed E-state index contributed by atoms with van der Waals surface area (Å²) in [6.07, 6.45) is -0.0313. The smallest absolute Gasteiger partial charge is 0.322 e. The van der Waals surface area contributed by atoms with Crippen molar-refractivity contribution >= 4 is 41.7 Å². The first kappa shape index (κ1) is 17.5. The Morgan fingerprint density at radius 1 is 1.14 bits per heavy atom. The van der Waals surface area contributed by atoms with Gasteiger partial charge in [-0.1, -0.05) is 23.2 Å². The third-order valence-corrected chi connectivity index (χ3v) is 5.50. The van der Waals surface area contributed by atoms with Gasteiger partial charge >= 0.3 is 7.60 Å². The van der Waals surface area contributed by atoms with Crippen LogP contribution in [-0.4, -0.2) is 18.2 Å². The van der Waals surface area contributed by atoms with Crippen LogP contribution in [0.25, 0.3) is 10.9 Å². The normalized spacial score (nSPS) is 12.0. The topological polar surface area (TPSA) is 68.4 Å². The quantitative estimate of drug-likeness (QED) is 0.761. The molecule has 0 unspecified atom stereocenters. The maximum Gasteiger partial charge on any atom is 0.335 e. The molecule has 22 heavy (non-hydrogen) atoms. The summed E-state index contributed by atoms with van der Waals surface area (Å²) >= 11 is 12.2. The molecule has 2 rings (SSSR count). The van der Waals surface area contributed by atoms with E-state index >= 15 is 0 Å². The molecular formula is C14H16Cl2NO4P. The number of aromatic amines is 1. The monoisotopic (exact) mass is 363 g/mol. The van der Waals surface area contributed by atoms with Crippen LogP contribution in [0.5, 0.6) is 0 Å². The van der Waals surface area contributed by atoms with Crippen LogP contribution in [0.4, 0.5) is 0 Å². The Kier molecular flexibility index (Phi) is 5.70. The number of hydrogen-bond donors (Lipinski definition) is 1. The Hall–Kier alpha value is -0.840. The van der Waals surface area contributed by atoms with E-state index in [1.165, 1.54) is 6.07 Å². The largest absolute Gasteiger partial charge is 0.335 e. The lowest BCUT2D eigenvalue weighted by Crippen LogP contribution is -2.08. The molecule has 0 saturated carbocycles. The molecule has 0 amide bonds. The molecular weight excluding hydrogens is 348 g/mol. The Labute approximate surface area is 138 Å². The summed E-state index contributed by atoms with van der Waals surface area (Å²) in [5, 5.41) is 1.36. The van der Waals surface area contributed by atoms with Crippen molar-refractivity contribution in [3.05, 3.63) is 44.2 Å². The van der Waals surface area contributed by atoms with E-state index < -0.39 is 7.60 Å². The summed E-state index contributed by atoms with van der Waals surface area (Å²) in [6.45, 7) is 3.96. The fourth-order valence-electron chi connectivity index (χ4n) is 2.25. The molecule has 0 fully saturated rings. The number of aromatic nitrogens is 1. The minimum atomic E-state index is -3.34. The number of benzene rings is 1. The molecule has 0 aliphatic heterocycles. The van der Waals surface area contributed by atoms with Gasteiger partial charge in [-0.25, -0.2) is 0 Å². The van der Waals surface area contributed by atoms with Crippen LogP contribution >= 0.6 is 30.8 Å². The maximum atomic E-state index is 12.7. The van der Waals surface area contributed by atoms with Gasteiger partial charge in [-0.3, -0.25) is 9.36 Å². The van der Waals surface area contributed by atoms with Gasteiger partial charge in [0.15, 0.2) is 0 Å². The molecule has 2 aromatic rings. The number of nitrogens with one attached hydrogen (secondary N) is 1. The van der Waals surface area contributed by atoms with Crippen LogP contribution < -0.4 is 5.56 Å². The molecule has 120 valence electrons. The second-order valence-corrected chi connectivity index (χ2v) is 7.47. The molecule has 0 atom stereocenters. The van der Waals surface area contributed by atoms with Gasteiger partial charge in [0.25, 0.3) is 0 Å². The molecule has 1 heterocycles. The number of pyridine rings is 1. The van der Waals surface area contributed by atoms with Crippen LogP contribution in [-0.2, 0) is 19.8 Å². The van der Waals surface area contributed by atoms with Gasteiger partial charge in [-0.2, -0.15) is 0 Å². The predicted molar refractivity (Wildman–Crippen MR) is 89.2 cm³/mol. The molecule has 1 aromatic heterocycles. The molecule has 0 aliphatic rings. The average molecular weight is 364 g/mol. The van der Waals surface area contributed by atoms with Gasteiger partial charge in [0.2, 0.25) is 5.56 Å². The Morgan fingerprint density at radius 3 is 2.36 bits per heavy atom. The molecule has 0 radical (unpaired) electrons. The minimum Gasteiger partial charge on any atom is -0.322 e. The second kappa shape index (κ2) is 7.16. The van der Waals surface area contributed by atoms with Crippen molar-refractivity contribution in [3.63, 3.8) is 0 Å². The van der Waals surface area contributed by atoms with E-state index in [2.05, 4.69) is 4.98 Å². The van der Waals surface area contributed by atoms with Crippen LogP contribution in [0.1, 0.15) is 19.4 Å². The summed E-state index contributed by atoms with van der Waals surface area (Å²) < 4.78 is 23.2. The van der Waals surface area contributed by atoms with E-state index in [0.29, 0.717) is 26.5 Å². The van der Waals surface area contributed by atoms with E-state index in [9.17, 15) is 9.36 Å². The molecule has 5 nitrogen and oxygen atoms in total. The zero-order valence-electron chi connectivity index (χ0n) is 12.2. The van der Waals surface area contributed by atoms with Crippen molar-refractivity contribution in [2.75, 3.05) is 13.2 Å². The maximum absolute atomic E-state index is 12.7. The Morgan fingerprint density at radius 2 is 1.77 bits per heavy atom. The highest BCUT2D eigenvalue weighted by molar-refractivity contribution is 7.53. The van der Waals surface area contributed by atoms with Crippen LogP contribution in [0.15, 0.2) is 23.0 Å². The lowest BCUT2D eigenvalue weighted by Gasteiger charge is -2.18. The van der Waals surface area contributed by atoms with Crippen LogP contribution in [0, 0.1) is 0 Å². The summed E-state index contributed by atoms with van der Waals surface area (Å²) in [5.74, 6) is 0. The Bertz CT molecular complexity index is 780. The third kappa shape index (κ3) is 3.92. The van der Waals surface area contributed by atoms with Crippen molar-refractivity contribution in [1.29, 1.82) is 0 Å². The second-order valence-electron chi connectivity index (χ2n) is 4.57. The lowest BCUT2D eigenvalue weighted by atomic mass is 10.1. The number of fused-ring (bicyclic) bond motifs is 1. The van der Waals surface area contributed by atoms with Crippen molar-refractivity contribution in [3.8, 4) is 0 Å². The van der Waals surface area contributed by atoms with Crippen LogP contribution in [0.2, 0.25) is 10.0 Å². The fourth-order valence-corrected chi connectivity index (χ4v) is 4.58. The summed E-state index contributed by atoms with van der Waals surface area (Å²) in [6, 6.07) is 4.52. The summed E-state index contributed by atoms with van der Waals surface area (Å²) in [7, 11) is -3.34. The first-order chi connectivity index (χ1) is 10.4. The van der Waals surface area contributed by atoms with Crippen molar-refractivity contribution < 1.29 is 13.6 Å². The van der Waals surface area contributed by atoms with Gasteiger partial charge in [0.05, 0.1) is 29.9 Å². The van der Waals surface area contributed by atoms with Gasteiger partial charge in [0, 0.05) is 16.5 Å². The molecule has 8 heteroatoms. The molecule has 1 N–H and O–H groups in total. The van der Waals surface area contributed by atoms with Crippen molar-refractivity contribution in [2.24, 2.45) is 0 Å². The van der Waals surface area contributed by atoms with E-state index in [1.54, 1.807) is 26.0 Å². The predicted octanol–water partition coefficient (Wildman–Crippen LogP) is 4.60. The zero-order chi connectivity index (χ0) is 16.3. The Balaban J connectivity index is 2.59. The van der Waals surface area contributed by atoms with Gasteiger partial charge in [-0.05, 0) is 31.5 Å². The van der Waals surface area contributed by atoms with E-state index in [-0.39, 0.29) is 24.9 Å². The summed E-state index contributed by atoms with van der Waals surface area (Å²) in [4.78, 5) is 14.5. The highest BCUT2D eigenvalue weighted by atomic mass is 35.5. The van der Waals surface area contributed by atoms with Gasteiger partial charge in [0.1, 0.15) is 0 Å². The molecule has 0 spiro atoms. The molecule has 0 aliphatic carbocycles. The highest BCUT2D eigenvalue weighted by Gasteiger charge is 2.26. The number of H-pyrrole nitrogens is 1. The van der Waals surface area contributed by atoms with Gasteiger partial charge in [-0.15, -0.1) is 0 Å². The first-order valence-electron chi connectivity index (χ1n) is 6.77.